The van der Waals surface area contributed by atoms with Crippen molar-refractivity contribution in [1.82, 2.24) is 15.0 Å². The van der Waals surface area contributed by atoms with Crippen molar-refractivity contribution in [2.24, 2.45) is 0 Å². The minimum atomic E-state index is 0.0328. The van der Waals surface area contributed by atoms with Crippen molar-refractivity contribution in [3.63, 3.8) is 0 Å². The van der Waals surface area contributed by atoms with Gasteiger partial charge in [-0.3, -0.25) is 0 Å². The van der Waals surface area contributed by atoms with Gasteiger partial charge < -0.3 is 24.6 Å². The van der Waals surface area contributed by atoms with Crippen LogP contribution in [0.5, 0.6) is 0 Å². The van der Waals surface area contributed by atoms with Gasteiger partial charge in [0.1, 0.15) is 0 Å². The van der Waals surface area contributed by atoms with Gasteiger partial charge in [-0.25, -0.2) is 9.97 Å². The smallest absolute Gasteiger partial charge is 0.162 e. The Balaban J connectivity index is 1.44. The number of aromatic amines is 1. The first kappa shape index (κ1) is 20.2. The van der Waals surface area contributed by atoms with Crippen LogP contribution in [0, 0.1) is 6.92 Å². The van der Waals surface area contributed by atoms with Crippen LogP contribution in [0.1, 0.15) is 16.7 Å². The number of benzene rings is 2. The van der Waals surface area contributed by atoms with Crippen molar-refractivity contribution < 1.29 is 9.84 Å². The lowest BCUT2D eigenvalue weighted by atomic mass is 10.0. The molecule has 2 aliphatic heterocycles. The lowest BCUT2D eigenvalue weighted by molar-refractivity contribution is 0.0936. The van der Waals surface area contributed by atoms with Crippen LogP contribution in [0.4, 0.5) is 11.5 Å². The molecule has 7 nitrogen and oxygen atoms in total. The molecule has 1 unspecified atom stereocenters. The summed E-state index contributed by atoms with van der Waals surface area (Å²) in [5.41, 5.74) is 6.42. The number of ether oxygens (including phenoxy) is 1. The van der Waals surface area contributed by atoms with Gasteiger partial charge in [-0.2, -0.15) is 0 Å². The van der Waals surface area contributed by atoms with E-state index in [-0.39, 0.29) is 12.6 Å². The van der Waals surface area contributed by atoms with Gasteiger partial charge in [-0.1, -0.05) is 35.9 Å². The Morgan fingerprint density at radius 2 is 2.12 bits per heavy atom. The van der Waals surface area contributed by atoms with Crippen molar-refractivity contribution in [2.75, 3.05) is 36.1 Å². The summed E-state index contributed by atoms with van der Waals surface area (Å²) in [6.45, 7) is 5.86. The Hall–Kier alpha value is -3.42. The van der Waals surface area contributed by atoms with Crippen LogP contribution in [0.25, 0.3) is 22.3 Å². The second-order valence-electron chi connectivity index (χ2n) is 8.88. The number of aliphatic hydroxyl groups is 1. The second-order valence-corrected chi connectivity index (χ2v) is 8.88. The summed E-state index contributed by atoms with van der Waals surface area (Å²) in [6, 6.07) is 14.7. The predicted molar refractivity (Wildman–Crippen MR) is 129 cm³/mol. The number of fused-ring (bicyclic) bond motifs is 4. The van der Waals surface area contributed by atoms with E-state index in [9.17, 15) is 5.11 Å². The van der Waals surface area contributed by atoms with Crippen molar-refractivity contribution >= 4 is 22.4 Å². The predicted octanol–water partition coefficient (Wildman–Crippen LogP) is 3.65. The molecular formula is C26H27N5O2. The van der Waals surface area contributed by atoms with E-state index in [4.69, 9.17) is 14.7 Å². The van der Waals surface area contributed by atoms with Crippen molar-refractivity contribution in [1.29, 1.82) is 0 Å². The Morgan fingerprint density at radius 1 is 1.18 bits per heavy atom. The lowest BCUT2D eigenvalue weighted by Gasteiger charge is -2.45. The largest absolute Gasteiger partial charge is 0.392 e. The van der Waals surface area contributed by atoms with Crippen LogP contribution in [-0.4, -0.2) is 52.4 Å². The molecule has 7 heteroatoms. The summed E-state index contributed by atoms with van der Waals surface area (Å²) in [4.78, 5) is 17.9. The Labute approximate surface area is 192 Å². The fraction of sp³-hybridized carbons (Fsp3) is 0.308. The van der Waals surface area contributed by atoms with Crippen LogP contribution in [-0.2, 0) is 17.9 Å². The maximum absolute atomic E-state index is 9.88. The first-order chi connectivity index (χ1) is 16.2. The number of morpholine rings is 1. The van der Waals surface area contributed by atoms with Crippen molar-refractivity contribution in [3.8, 4) is 11.4 Å². The molecule has 168 valence electrons. The maximum Gasteiger partial charge on any atom is 0.162 e. The zero-order valence-electron chi connectivity index (χ0n) is 18.7. The van der Waals surface area contributed by atoms with Crippen LogP contribution in [0.2, 0.25) is 0 Å². The number of aryl methyl sites for hydroxylation is 1. The summed E-state index contributed by atoms with van der Waals surface area (Å²) >= 11 is 0. The van der Waals surface area contributed by atoms with E-state index >= 15 is 0 Å². The minimum absolute atomic E-state index is 0.0328. The fourth-order valence-electron chi connectivity index (χ4n) is 5.06. The molecule has 0 bridgehead atoms. The van der Waals surface area contributed by atoms with Gasteiger partial charge in [0.05, 0.1) is 37.7 Å². The third-order valence-electron chi connectivity index (χ3n) is 6.75. The second kappa shape index (κ2) is 8.17. The van der Waals surface area contributed by atoms with Crippen LogP contribution in [0.3, 0.4) is 0 Å². The molecule has 0 saturated carbocycles. The molecule has 1 saturated heterocycles. The number of anilines is 2. The van der Waals surface area contributed by atoms with Crippen LogP contribution in [0.15, 0.2) is 54.9 Å². The quantitative estimate of drug-likeness (QED) is 0.503. The molecular weight excluding hydrogens is 414 g/mol. The summed E-state index contributed by atoms with van der Waals surface area (Å²) < 4.78 is 5.82. The normalized spacial score (nSPS) is 17.8. The molecule has 4 heterocycles. The third-order valence-corrected chi connectivity index (χ3v) is 6.75. The highest BCUT2D eigenvalue weighted by Crippen LogP contribution is 2.38. The zero-order valence-corrected chi connectivity index (χ0v) is 18.7. The van der Waals surface area contributed by atoms with Gasteiger partial charge in [0.2, 0.25) is 0 Å². The molecule has 2 aromatic heterocycles. The van der Waals surface area contributed by atoms with Crippen molar-refractivity contribution in [3.05, 3.63) is 71.5 Å². The number of nitrogens with zero attached hydrogens (tertiary/aromatic N) is 4. The highest BCUT2D eigenvalue weighted by Gasteiger charge is 2.35. The molecule has 2 aromatic carbocycles. The molecule has 1 fully saturated rings. The van der Waals surface area contributed by atoms with Gasteiger partial charge in [0.15, 0.2) is 11.6 Å². The number of H-pyrrole nitrogens is 1. The summed E-state index contributed by atoms with van der Waals surface area (Å²) in [7, 11) is 0. The first-order valence-corrected chi connectivity index (χ1v) is 11.4. The van der Waals surface area contributed by atoms with E-state index in [2.05, 4.69) is 46.0 Å². The van der Waals surface area contributed by atoms with Crippen LogP contribution < -0.4 is 9.80 Å². The highest BCUT2D eigenvalue weighted by atomic mass is 16.5. The highest BCUT2D eigenvalue weighted by molar-refractivity contribution is 5.93. The molecule has 0 aliphatic carbocycles. The SMILES string of the molecule is Cc1ccc(CO)c(CN2CC3COCCN3c3nc(-c4cccc5[nH]ccc45)ncc32)c1. The van der Waals surface area contributed by atoms with Gasteiger partial charge in [-0.05, 0) is 30.2 Å². The average molecular weight is 442 g/mol. The zero-order chi connectivity index (χ0) is 22.4. The fourth-order valence-corrected chi connectivity index (χ4v) is 5.06. The summed E-state index contributed by atoms with van der Waals surface area (Å²) in [5, 5.41) is 11.0. The molecule has 2 N–H and O–H groups in total. The van der Waals surface area contributed by atoms with Gasteiger partial charge in [0.25, 0.3) is 0 Å². The van der Waals surface area contributed by atoms with Crippen LogP contribution >= 0.6 is 0 Å². The minimum Gasteiger partial charge on any atom is -0.392 e. The molecule has 4 aromatic rings. The molecule has 6 rings (SSSR count). The third kappa shape index (κ3) is 3.53. The maximum atomic E-state index is 9.88. The van der Waals surface area contributed by atoms with E-state index in [0.29, 0.717) is 19.8 Å². The molecule has 0 amide bonds. The molecule has 1 atom stereocenters. The number of aliphatic hydroxyl groups excluding tert-OH is 1. The summed E-state index contributed by atoms with van der Waals surface area (Å²) in [5.74, 6) is 1.70. The summed E-state index contributed by atoms with van der Waals surface area (Å²) in [6.07, 6.45) is 3.91. The number of nitrogens with one attached hydrogen (secondary N) is 1. The van der Waals surface area contributed by atoms with E-state index in [1.54, 1.807) is 0 Å². The van der Waals surface area contributed by atoms with Gasteiger partial charge in [-0.15, -0.1) is 0 Å². The number of hydrogen-bond acceptors (Lipinski definition) is 6. The molecule has 33 heavy (non-hydrogen) atoms. The Morgan fingerprint density at radius 3 is 3.03 bits per heavy atom. The van der Waals surface area contributed by atoms with E-state index in [0.717, 1.165) is 58.0 Å². The number of rotatable bonds is 4. The molecule has 0 spiro atoms. The average Bonchev–Trinajstić information content (AvgIpc) is 3.33. The molecule has 0 radical (unpaired) electrons. The van der Waals surface area contributed by atoms with Crippen molar-refractivity contribution in [2.45, 2.75) is 26.1 Å². The number of hydrogen-bond donors (Lipinski definition) is 2. The van der Waals surface area contributed by atoms with E-state index in [1.807, 2.05) is 30.6 Å². The van der Waals surface area contributed by atoms with Gasteiger partial charge >= 0.3 is 0 Å². The number of aromatic nitrogens is 3. The Bertz CT molecular complexity index is 1320. The lowest BCUT2D eigenvalue weighted by Crippen LogP contribution is -2.55. The van der Waals surface area contributed by atoms with E-state index in [1.165, 1.54) is 5.56 Å². The monoisotopic (exact) mass is 441 g/mol. The van der Waals surface area contributed by atoms with Gasteiger partial charge in [0, 0.05) is 42.3 Å². The van der Waals surface area contributed by atoms with E-state index < -0.39 is 0 Å². The Kier molecular flexibility index (Phi) is 5.00. The standard InChI is InChI=1S/C26H27N5O2/c1-17-5-6-18(15-32)19(11-17)13-30-14-20-16-33-10-9-31(20)26-24(30)12-28-25(29-26)22-3-2-4-23-21(22)7-8-27-23/h2-8,11-12,20,27,32H,9-10,13-16H2,1H3. The molecule has 2 aliphatic rings. The topological polar surface area (TPSA) is 77.5 Å². The first-order valence-electron chi connectivity index (χ1n) is 11.4.